The molecule has 1 aliphatic rings. The van der Waals surface area contributed by atoms with E-state index in [0.29, 0.717) is 18.8 Å². The van der Waals surface area contributed by atoms with Crippen LogP contribution in [0.25, 0.3) is 0 Å². The second kappa shape index (κ2) is 8.76. The van der Waals surface area contributed by atoms with Crippen LogP contribution in [0.2, 0.25) is 0 Å². The third kappa shape index (κ3) is 4.92. The first-order valence-electron chi connectivity index (χ1n) is 9.09. The van der Waals surface area contributed by atoms with Crippen molar-refractivity contribution in [2.75, 3.05) is 30.4 Å². The molecule has 0 unspecified atom stereocenters. The van der Waals surface area contributed by atoms with Gasteiger partial charge in [0.05, 0.1) is 24.0 Å². The van der Waals surface area contributed by atoms with Gasteiger partial charge in [-0.05, 0) is 49.2 Å². The maximum absolute atomic E-state index is 13.2. The molecule has 1 fully saturated rings. The van der Waals surface area contributed by atoms with Gasteiger partial charge in [0, 0.05) is 18.7 Å². The topological polar surface area (TPSA) is 50.8 Å². The van der Waals surface area contributed by atoms with Gasteiger partial charge >= 0.3 is 12.8 Å². The van der Waals surface area contributed by atoms with Gasteiger partial charge in [-0.1, -0.05) is 0 Å². The Hall–Kier alpha value is -3.04. The van der Waals surface area contributed by atoms with E-state index in [1.807, 2.05) is 4.90 Å². The zero-order valence-electron chi connectivity index (χ0n) is 15.9. The molecule has 0 bridgehead atoms. The summed E-state index contributed by atoms with van der Waals surface area (Å²) in [6.07, 6.45) is -2.77. The lowest BCUT2D eigenvalue weighted by Gasteiger charge is -2.23. The number of halogens is 5. The lowest BCUT2D eigenvalue weighted by atomic mass is 10.1. The fourth-order valence-corrected chi connectivity index (χ4v) is 3.24. The van der Waals surface area contributed by atoms with E-state index in [-0.39, 0.29) is 22.7 Å². The Morgan fingerprint density at radius 3 is 2.37 bits per heavy atom. The number of hydrogen-bond donors (Lipinski definition) is 1. The lowest BCUT2D eigenvalue weighted by Crippen LogP contribution is -2.22. The molecule has 1 heterocycles. The van der Waals surface area contributed by atoms with Crippen LogP contribution in [-0.4, -0.2) is 32.7 Å². The molecule has 162 valence electrons. The number of nitrogens with one attached hydrogen (secondary N) is 1. The maximum atomic E-state index is 13.2. The van der Waals surface area contributed by atoms with Crippen molar-refractivity contribution in [1.82, 2.24) is 0 Å². The average Bonchev–Trinajstić information content (AvgIpc) is 3.21. The summed E-state index contributed by atoms with van der Waals surface area (Å²) in [5.74, 6) is -1.08. The highest BCUT2D eigenvalue weighted by Gasteiger charge is 2.32. The van der Waals surface area contributed by atoms with E-state index in [0.717, 1.165) is 31.0 Å². The second-order valence-electron chi connectivity index (χ2n) is 6.62. The quantitative estimate of drug-likeness (QED) is 0.643. The number of anilines is 2. The molecule has 1 amide bonds. The van der Waals surface area contributed by atoms with Gasteiger partial charge in [0.15, 0.2) is 11.5 Å². The Labute approximate surface area is 169 Å². The molecule has 0 saturated carbocycles. The van der Waals surface area contributed by atoms with Gasteiger partial charge in [0.1, 0.15) is 0 Å². The largest absolute Gasteiger partial charge is 0.493 e. The van der Waals surface area contributed by atoms with Crippen molar-refractivity contribution in [3.63, 3.8) is 0 Å². The van der Waals surface area contributed by atoms with E-state index in [1.54, 1.807) is 0 Å². The van der Waals surface area contributed by atoms with Gasteiger partial charge < -0.3 is 19.7 Å². The van der Waals surface area contributed by atoms with E-state index in [9.17, 15) is 26.7 Å². The van der Waals surface area contributed by atoms with Crippen molar-refractivity contribution < 1.29 is 36.2 Å². The Morgan fingerprint density at radius 1 is 1.07 bits per heavy atom. The SMILES string of the molecule is COc1cc(C(=O)Nc2cc(C(F)(F)F)ccc2N2CCCC2)ccc1OC(F)F. The fourth-order valence-electron chi connectivity index (χ4n) is 3.24. The molecule has 2 aromatic rings. The number of carbonyl (C=O) groups excluding carboxylic acids is 1. The van der Waals surface area contributed by atoms with Crippen LogP contribution < -0.4 is 19.7 Å². The zero-order valence-corrected chi connectivity index (χ0v) is 15.9. The summed E-state index contributed by atoms with van der Waals surface area (Å²) in [5.41, 5.74) is -0.376. The molecular weight excluding hydrogens is 411 g/mol. The minimum Gasteiger partial charge on any atom is -0.493 e. The van der Waals surface area contributed by atoms with Crippen LogP contribution in [0.5, 0.6) is 11.5 Å². The second-order valence-corrected chi connectivity index (χ2v) is 6.62. The van der Waals surface area contributed by atoms with E-state index in [2.05, 4.69) is 10.1 Å². The molecule has 0 aromatic heterocycles. The number of benzene rings is 2. The number of alkyl halides is 5. The predicted molar refractivity (Wildman–Crippen MR) is 100 cm³/mol. The van der Waals surface area contributed by atoms with Gasteiger partial charge in [-0.15, -0.1) is 0 Å². The van der Waals surface area contributed by atoms with Crippen molar-refractivity contribution in [2.24, 2.45) is 0 Å². The predicted octanol–water partition coefficient (Wildman–Crippen LogP) is 5.17. The van der Waals surface area contributed by atoms with Crippen LogP contribution in [0, 0.1) is 0 Å². The summed E-state index contributed by atoms with van der Waals surface area (Å²) in [5, 5.41) is 2.50. The van der Waals surface area contributed by atoms with Crippen LogP contribution in [0.15, 0.2) is 36.4 Å². The number of methoxy groups -OCH3 is 1. The number of ether oxygens (including phenoxy) is 2. The number of hydrogen-bond acceptors (Lipinski definition) is 4. The maximum Gasteiger partial charge on any atom is 0.416 e. The number of nitrogens with zero attached hydrogens (tertiary/aromatic N) is 1. The lowest BCUT2D eigenvalue weighted by molar-refractivity contribution is -0.137. The summed E-state index contributed by atoms with van der Waals surface area (Å²) in [6.45, 7) is -1.74. The first kappa shape index (κ1) is 21.7. The minimum atomic E-state index is -4.57. The van der Waals surface area contributed by atoms with Crippen LogP contribution >= 0.6 is 0 Å². The molecule has 1 N–H and O–H groups in total. The molecular formula is C20H19F5N2O3. The summed E-state index contributed by atoms with van der Waals surface area (Å²) in [4.78, 5) is 14.6. The Bertz CT molecular complexity index is 912. The third-order valence-corrected chi connectivity index (χ3v) is 4.66. The summed E-state index contributed by atoms with van der Waals surface area (Å²) >= 11 is 0. The number of carbonyl (C=O) groups is 1. The normalized spacial score (nSPS) is 14.2. The monoisotopic (exact) mass is 430 g/mol. The highest BCUT2D eigenvalue weighted by atomic mass is 19.4. The van der Waals surface area contributed by atoms with Gasteiger partial charge in [-0.25, -0.2) is 0 Å². The zero-order chi connectivity index (χ0) is 21.9. The van der Waals surface area contributed by atoms with Crippen molar-refractivity contribution in [3.8, 4) is 11.5 Å². The standard InChI is InChI=1S/C20H19F5N2O3/c1-29-17-10-12(4-7-16(17)30-19(21)22)18(28)26-14-11-13(20(23,24)25)5-6-15(14)27-8-2-3-9-27/h4-7,10-11,19H,2-3,8-9H2,1H3,(H,26,28). The number of amides is 1. The van der Waals surface area contributed by atoms with Crippen LogP contribution in [0.3, 0.4) is 0 Å². The molecule has 5 nitrogen and oxygen atoms in total. The van der Waals surface area contributed by atoms with Gasteiger partial charge in [0.2, 0.25) is 0 Å². The first-order chi connectivity index (χ1) is 14.2. The van der Waals surface area contributed by atoms with Crippen LogP contribution in [0.4, 0.5) is 33.3 Å². The van der Waals surface area contributed by atoms with Crippen molar-refractivity contribution in [2.45, 2.75) is 25.6 Å². The summed E-state index contributed by atoms with van der Waals surface area (Å²) < 4.78 is 73.7. The molecule has 1 aliphatic heterocycles. The summed E-state index contributed by atoms with van der Waals surface area (Å²) in [7, 11) is 1.22. The molecule has 0 radical (unpaired) electrons. The minimum absolute atomic E-state index is 0.0123. The van der Waals surface area contributed by atoms with Gasteiger partial charge in [-0.2, -0.15) is 22.0 Å². The van der Waals surface area contributed by atoms with Crippen molar-refractivity contribution >= 4 is 17.3 Å². The van der Waals surface area contributed by atoms with Crippen molar-refractivity contribution in [1.29, 1.82) is 0 Å². The Morgan fingerprint density at radius 2 is 1.77 bits per heavy atom. The van der Waals surface area contributed by atoms with E-state index < -0.39 is 24.3 Å². The Balaban J connectivity index is 1.91. The number of rotatable bonds is 6. The summed E-state index contributed by atoms with van der Waals surface area (Å²) in [6, 6.07) is 6.73. The first-order valence-corrected chi connectivity index (χ1v) is 9.09. The molecule has 0 atom stereocenters. The van der Waals surface area contributed by atoms with E-state index in [4.69, 9.17) is 4.74 Å². The smallest absolute Gasteiger partial charge is 0.416 e. The van der Waals surface area contributed by atoms with E-state index >= 15 is 0 Å². The molecule has 0 aliphatic carbocycles. The molecule has 30 heavy (non-hydrogen) atoms. The van der Waals surface area contributed by atoms with Gasteiger partial charge in [0.25, 0.3) is 5.91 Å². The third-order valence-electron chi connectivity index (χ3n) is 4.66. The average molecular weight is 430 g/mol. The van der Waals surface area contributed by atoms with E-state index in [1.165, 1.54) is 25.3 Å². The fraction of sp³-hybridized carbons (Fsp3) is 0.350. The molecule has 3 rings (SSSR count). The highest BCUT2D eigenvalue weighted by molar-refractivity contribution is 6.06. The molecule has 2 aromatic carbocycles. The van der Waals surface area contributed by atoms with Gasteiger partial charge in [-0.3, -0.25) is 4.79 Å². The van der Waals surface area contributed by atoms with Crippen molar-refractivity contribution in [3.05, 3.63) is 47.5 Å². The Kier molecular flexibility index (Phi) is 6.33. The van der Waals surface area contributed by atoms with Crippen LogP contribution in [-0.2, 0) is 6.18 Å². The molecule has 10 heteroatoms. The molecule has 0 spiro atoms. The highest BCUT2D eigenvalue weighted by Crippen LogP contribution is 2.37. The molecule has 1 saturated heterocycles. The van der Waals surface area contributed by atoms with Crippen LogP contribution in [0.1, 0.15) is 28.8 Å².